The summed E-state index contributed by atoms with van der Waals surface area (Å²) in [6.07, 6.45) is 5.45. The SMILES string of the molecule is CCC(N)C(c1cccnc1)N1CCC(C(C)O)C1. The van der Waals surface area contributed by atoms with Crippen molar-refractivity contribution in [1.82, 2.24) is 9.88 Å². The highest BCUT2D eigenvalue weighted by Crippen LogP contribution is 2.31. The number of aliphatic hydroxyl groups excluding tert-OH is 1. The van der Waals surface area contributed by atoms with E-state index in [-0.39, 0.29) is 18.2 Å². The van der Waals surface area contributed by atoms with Gasteiger partial charge in [-0.25, -0.2) is 0 Å². The molecule has 4 heteroatoms. The number of nitrogens with two attached hydrogens (primary N) is 1. The van der Waals surface area contributed by atoms with Crippen LogP contribution in [-0.4, -0.2) is 40.2 Å². The number of likely N-dealkylation sites (tertiary alicyclic amines) is 1. The molecule has 1 aliphatic rings. The summed E-state index contributed by atoms with van der Waals surface area (Å²) in [6.45, 7) is 5.93. The molecular formula is C15H25N3O. The van der Waals surface area contributed by atoms with Crippen LogP contribution in [0, 0.1) is 5.92 Å². The first kappa shape index (κ1) is 14.4. The molecule has 4 atom stereocenters. The van der Waals surface area contributed by atoms with E-state index in [2.05, 4.69) is 22.9 Å². The van der Waals surface area contributed by atoms with Crippen molar-refractivity contribution in [2.75, 3.05) is 13.1 Å². The van der Waals surface area contributed by atoms with E-state index in [0.717, 1.165) is 25.9 Å². The van der Waals surface area contributed by atoms with Gasteiger partial charge in [-0.2, -0.15) is 0 Å². The van der Waals surface area contributed by atoms with Gasteiger partial charge in [-0.1, -0.05) is 13.0 Å². The van der Waals surface area contributed by atoms with Crippen LogP contribution in [0.5, 0.6) is 0 Å². The molecule has 0 bridgehead atoms. The van der Waals surface area contributed by atoms with Crippen molar-refractivity contribution in [3.05, 3.63) is 30.1 Å². The van der Waals surface area contributed by atoms with Gasteiger partial charge in [-0.3, -0.25) is 9.88 Å². The highest BCUT2D eigenvalue weighted by atomic mass is 16.3. The first-order valence-electron chi connectivity index (χ1n) is 7.21. The summed E-state index contributed by atoms with van der Waals surface area (Å²) in [7, 11) is 0. The quantitative estimate of drug-likeness (QED) is 0.846. The second-order valence-electron chi connectivity index (χ2n) is 5.59. The van der Waals surface area contributed by atoms with Gasteiger partial charge in [-0.05, 0) is 43.9 Å². The van der Waals surface area contributed by atoms with Crippen LogP contribution in [0.25, 0.3) is 0 Å². The van der Waals surface area contributed by atoms with E-state index < -0.39 is 0 Å². The zero-order valence-electron chi connectivity index (χ0n) is 11.9. The van der Waals surface area contributed by atoms with Crippen molar-refractivity contribution in [2.45, 2.75) is 44.9 Å². The zero-order valence-corrected chi connectivity index (χ0v) is 11.9. The molecule has 0 aliphatic carbocycles. The average molecular weight is 263 g/mol. The van der Waals surface area contributed by atoms with Gasteiger partial charge < -0.3 is 10.8 Å². The monoisotopic (exact) mass is 263 g/mol. The summed E-state index contributed by atoms with van der Waals surface area (Å²) < 4.78 is 0. The Morgan fingerprint density at radius 3 is 2.89 bits per heavy atom. The Labute approximate surface area is 115 Å². The standard InChI is InChI=1S/C15H25N3O/c1-3-14(16)15(12-5-4-7-17-9-12)18-8-6-13(10-18)11(2)19/h4-5,7,9,11,13-15,19H,3,6,8,10,16H2,1-2H3. The van der Waals surface area contributed by atoms with Gasteiger partial charge in [0.2, 0.25) is 0 Å². The number of hydrogen-bond acceptors (Lipinski definition) is 4. The lowest BCUT2D eigenvalue weighted by atomic mass is 9.97. The van der Waals surface area contributed by atoms with E-state index in [4.69, 9.17) is 5.73 Å². The number of pyridine rings is 1. The lowest BCUT2D eigenvalue weighted by Gasteiger charge is -2.32. The number of aliphatic hydroxyl groups is 1. The van der Waals surface area contributed by atoms with E-state index in [1.165, 1.54) is 5.56 Å². The van der Waals surface area contributed by atoms with Crippen molar-refractivity contribution >= 4 is 0 Å². The zero-order chi connectivity index (χ0) is 13.8. The third-order valence-corrected chi connectivity index (χ3v) is 4.23. The Hall–Kier alpha value is -0.970. The van der Waals surface area contributed by atoms with Crippen LogP contribution in [0.15, 0.2) is 24.5 Å². The average Bonchev–Trinajstić information content (AvgIpc) is 2.89. The molecule has 106 valence electrons. The molecule has 1 aromatic heterocycles. The highest BCUT2D eigenvalue weighted by Gasteiger charge is 2.33. The lowest BCUT2D eigenvalue weighted by molar-refractivity contribution is 0.118. The van der Waals surface area contributed by atoms with E-state index in [1.54, 1.807) is 6.20 Å². The molecule has 2 rings (SSSR count). The minimum absolute atomic E-state index is 0.108. The van der Waals surface area contributed by atoms with Crippen LogP contribution in [0.2, 0.25) is 0 Å². The molecule has 3 N–H and O–H groups in total. The van der Waals surface area contributed by atoms with E-state index in [1.807, 2.05) is 19.2 Å². The van der Waals surface area contributed by atoms with Crippen LogP contribution >= 0.6 is 0 Å². The minimum Gasteiger partial charge on any atom is -0.393 e. The van der Waals surface area contributed by atoms with Crippen LogP contribution < -0.4 is 5.73 Å². The number of rotatable bonds is 5. The van der Waals surface area contributed by atoms with Gasteiger partial charge in [0.25, 0.3) is 0 Å². The maximum atomic E-state index is 9.75. The molecule has 1 fully saturated rings. The van der Waals surface area contributed by atoms with Crippen LogP contribution in [0.4, 0.5) is 0 Å². The molecule has 0 spiro atoms. The lowest BCUT2D eigenvalue weighted by Crippen LogP contribution is -2.40. The predicted molar refractivity (Wildman–Crippen MR) is 76.6 cm³/mol. The molecule has 0 saturated carbocycles. The third kappa shape index (κ3) is 3.32. The summed E-state index contributed by atoms with van der Waals surface area (Å²) in [6, 6.07) is 4.38. The van der Waals surface area contributed by atoms with Gasteiger partial charge in [-0.15, -0.1) is 0 Å². The molecule has 19 heavy (non-hydrogen) atoms. The smallest absolute Gasteiger partial charge is 0.0552 e. The van der Waals surface area contributed by atoms with E-state index in [0.29, 0.717) is 5.92 Å². The summed E-state index contributed by atoms with van der Waals surface area (Å²) in [5, 5.41) is 9.75. The van der Waals surface area contributed by atoms with Gasteiger partial charge >= 0.3 is 0 Å². The molecule has 0 amide bonds. The van der Waals surface area contributed by atoms with E-state index >= 15 is 0 Å². The fraction of sp³-hybridized carbons (Fsp3) is 0.667. The minimum atomic E-state index is -0.239. The molecule has 1 aliphatic heterocycles. The maximum absolute atomic E-state index is 9.75. The Bertz CT molecular complexity index is 382. The second-order valence-corrected chi connectivity index (χ2v) is 5.59. The number of aromatic nitrogens is 1. The van der Waals surface area contributed by atoms with Crippen molar-refractivity contribution in [3.63, 3.8) is 0 Å². The predicted octanol–water partition coefficient (Wildman–Crippen LogP) is 1.56. The molecule has 0 aromatic carbocycles. The summed E-state index contributed by atoms with van der Waals surface area (Å²) >= 11 is 0. The Kier molecular flexibility index (Phi) is 4.91. The number of hydrogen-bond donors (Lipinski definition) is 2. The summed E-state index contributed by atoms with van der Waals surface area (Å²) in [4.78, 5) is 6.62. The molecule has 2 heterocycles. The molecule has 4 unspecified atom stereocenters. The molecule has 4 nitrogen and oxygen atoms in total. The first-order valence-corrected chi connectivity index (χ1v) is 7.21. The summed E-state index contributed by atoms with van der Waals surface area (Å²) in [5.41, 5.74) is 7.50. The Morgan fingerprint density at radius 1 is 1.58 bits per heavy atom. The van der Waals surface area contributed by atoms with Crippen LogP contribution in [0.3, 0.4) is 0 Å². The maximum Gasteiger partial charge on any atom is 0.0552 e. The fourth-order valence-electron chi connectivity index (χ4n) is 2.96. The van der Waals surface area contributed by atoms with Gasteiger partial charge in [0, 0.05) is 25.0 Å². The highest BCUT2D eigenvalue weighted by molar-refractivity contribution is 5.17. The second kappa shape index (κ2) is 6.46. The fourth-order valence-corrected chi connectivity index (χ4v) is 2.96. The van der Waals surface area contributed by atoms with Gasteiger partial charge in [0.15, 0.2) is 0 Å². The molecule has 1 saturated heterocycles. The third-order valence-electron chi connectivity index (χ3n) is 4.23. The number of nitrogens with zero attached hydrogens (tertiary/aromatic N) is 2. The van der Waals surface area contributed by atoms with Crippen LogP contribution in [0.1, 0.15) is 38.3 Å². The van der Waals surface area contributed by atoms with Crippen molar-refractivity contribution < 1.29 is 5.11 Å². The van der Waals surface area contributed by atoms with Crippen molar-refractivity contribution in [1.29, 1.82) is 0 Å². The first-order chi connectivity index (χ1) is 9.13. The molecular weight excluding hydrogens is 238 g/mol. The normalized spacial score (nSPS) is 25.2. The Balaban J connectivity index is 2.16. The van der Waals surface area contributed by atoms with Crippen molar-refractivity contribution in [2.24, 2.45) is 11.7 Å². The summed E-state index contributed by atoms with van der Waals surface area (Å²) in [5.74, 6) is 0.364. The largest absolute Gasteiger partial charge is 0.393 e. The Morgan fingerprint density at radius 2 is 2.37 bits per heavy atom. The van der Waals surface area contributed by atoms with Crippen LogP contribution in [-0.2, 0) is 0 Å². The topological polar surface area (TPSA) is 62.4 Å². The van der Waals surface area contributed by atoms with Gasteiger partial charge in [0.1, 0.15) is 0 Å². The van der Waals surface area contributed by atoms with Gasteiger partial charge in [0.05, 0.1) is 12.1 Å². The molecule has 1 aromatic rings. The van der Waals surface area contributed by atoms with Crippen molar-refractivity contribution in [3.8, 4) is 0 Å². The van der Waals surface area contributed by atoms with E-state index in [9.17, 15) is 5.11 Å². The molecule has 0 radical (unpaired) electrons.